The van der Waals surface area contributed by atoms with Crippen LogP contribution in [0, 0.1) is 11.8 Å². The van der Waals surface area contributed by atoms with Gasteiger partial charge in [-0.3, -0.25) is 39.1 Å². The third-order valence-corrected chi connectivity index (χ3v) is 13.3. The van der Waals surface area contributed by atoms with E-state index >= 15 is 0 Å². The molecule has 5 saturated heterocycles. The van der Waals surface area contributed by atoms with E-state index in [9.17, 15) is 28.8 Å². The van der Waals surface area contributed by atoms with Gasteiger partial charge in [0.15, 0.2) is 0 Å². The highest BCUT2D eigenvalue weighted by Gasteiger charge is 2.45. The van der Waals surface area contributed by atoms with E-state index in [-0.39, 0.29) is 30.6 Å². The summed E-state index contributed by atoms with van der Waals surface area (Å²) in [5.74, 6) is -0.812. The van der Waals surface area contributed by atoms with Crippen LogP contribution in [0.25, 0.3) is 0 Å². The van der Waals surface area contributed by atoms with Gasteiger partial charge in [0, 0.05) is 77.9 Å². The summed E-state index contributed by atoms with van der Waals surface area (Å²) in [6.07, 6.45) is 6.32. The van der Waals surface area contributed by atoms with E-state index < -0.39 is 35.6 Å². The maximum absolute atomic E-state index is 13.4. The van der Waals surface area contributed by atoms with Gasteiger partial charge in [-0.2, -0.15) is 0 Å². The Morgan fingerprint density at radius 3 is 2.36 bits per heavy atom. The Kier molecular flexibility index (Phi) is 10.3. The molecule has 6 aliphatic rings. The fourth-order valence-corrected chi connectivity index (χ4v) is 10.0. The van der Waals surface area contributed by atoms with E-state index in [4.69, 9.17) is 10.7 Å². The van der Waals surface area contributed by atoms with Crippen molar-refractivity contribution in [2.45, 2.75) is 63.6 Å². The molecule has 9 rings (SSSR count). The Hall–Kier alpha value is -5.90. The molecular weight excluding hydrogens is 753 g/mol. The van der Waals surface area contributed by atoms with Crippen LogP contribution in [0.3, 0.4) is 0 Å². The second kappa shape index (κ2) is 15.7. The molecule has 0 saturated carbocycles. The van der Waals surface area contributed by atoms with Gasteiger partial charge in [0.2, 0.25) is 11.8 Å². The highest BCUT2D eigenvalue weighted by molar-refractivity contribution is 6.23. The van der Waals surface area contributed by atoms with Crippen LogP contribution >= 0.6 is 0 Å². The van der Waals surface area contributed by atoms with Gasteiger partial charge >= 0.3 is 6.03 Å². The standard InChI is InChI=1S/C43H50N10O6/c1-48-17-18-52(43(48)59)31-3-2-14-51(25-31)36-21-45-38(39(44)55)34(46-36)20-26-4-7-30(8-5-26)50-16-13-28-12-15-49(23-29(28)24-50)22-27-6-9-32-33(19-27)42(58)53(41(32)57)35-10-11-37(54)47-40(35)56/h4-9,19,21,28-29,31,35H,2-3,10-18,20,22-25H2,1H3,(H2,44,55)(H,47,54,56)/t28-,29+,31+,35?/m0/s1. The third-order valence-electron chi connectivity index (χ3n) is 13.3. The van der Waals surface area contributed by atoms with Gasteiger partial charge in [-0.1, -0.05) is 18.2 Å². The Bertz CT molecular complexity index is 2210. The van der Waals surface area contributed by atoms with Gasteiger partial charge in [0.1, 0.15) is 17.6 Å². The maximum Gasteiger partial charge on any atom is 0.320 e. The molecular formula is C43H50N10O6. The number of anilines is 2. The minimum atomic E-state index is -0.981. The third kappa shape index (κ3) is 7.49. The molecule has 0 bridgehead atoms. The largest absolute Gasteiger partial charge is 0.371 e. The molecule has 16 nitrogen and oxygen atoms in total. The van der Waals surface area contributed by atoms with Gasteiger partial charge in [0.25, 0.3) is 17.7 Å². The number of benzene rings is 2. The van der Waals surface area contributed by atoms with Crippen molar-refractivity contribution in [3.63, 3.8) is 0 Å². The molecule has 0 radical (unpaired) electrons. The molecule has 1 unspecified atom stereocenters. The van der Waals surface area contributed by atoms with Crippen molar-refractivity contribution in [2.24, 2.45) is 17.6 Å². The number of nitrogens with two attached hydrogens (primary N) is 1. The van der Waals surface area contributed by atoms with Crippen molar-refractivity contribution in [2.75, 3.05) is 69.2 Å². The van der Waals surface area contributed by atoms with Crippen molar-refractivity contribution in [1.82, 2.24) is 34.9 Å². The van der Waals surface area contributed by atoms with E-state index in [2.05, 4.69) is 49.3 Å². The lowest BCUT2D eigenvalue weighted by Gasteiger charge is -2.45. The summed E-state index contributed by atoms with van der Waals surface area (Å²) in [7, 11) is 1.84. The molecule has 0 spiro atoms. The number of hydrogen-bond acceptors (Lipinski definition) is 11. The zero-order chi connectivity index (χ0) is 40.9. The lowest BCUT2D eigenvalue weighted by atomic mass is 9.80. The fraction of sp³-hybridized carbons (Fsp3) is 0.488. The molecule has 3 aromatic rings. The summed E-state index contributed by atoms with van der Waals surface area (Å²) >= 11 is 0. The van der Waals surface area contributed by atoms with E-state index in [0.29, 0.717) is 54.0 Å². The van der Waals surface area contributed by atoms with Crippen LogP contribution in [-0.2, 0) is 22.6 Å². The summed E-state index contributed by atoms with van der Waals surface area (Å²) in [4.78, 5) is 97.1. The fourth-order valence-electron chi connectivity index (χ4n) is 10.0. The topological polar surface area (TPSA) is 186 Å². The summed E-state index contributed by atoms with van der Waals surface area (Å²) in [6, 6.07) is 13.0. The molecule has 16 heteroatoms. The van der Waals surface area contributed by atoms with E-state index in [0.717, 1.165) is 93.2 Å². The second-order valence-electron chi connectivity index (χ2n) is 17.0. The zero-order valence-corrected chi connectivity index (χ0v) is 33.3. The van der Waals surface area contributed by atoms with Crippen LogP contribution in [0.4, 0.5) is 16.3 Å². The predicted molar refractivity (Wildman–Crippen MR) is 217 cm³/mol. The van der Waals surface area contributed by atoms with Gasteiger partial charge in [-0.25, -0.2) is 14.8 Å². The first-order valence-electron chi connectivity index (χ1n) is 20.8. The van der Waals surface area contributed by atoms with Crippen molar-refractivity contribution in [3.05, 3.63) is 82.3 Å². The summed E-state index contributed by atoms with van der Waals surface area (Å²) in [5.41, 5.74) is 10.2. The van der Waals surface area contributed by atoms with Crippen LogP contribution in [-0.4, -0.2) is 137 Å². The Morgan fingerprint density at radius 1 is 0.814 bits per heavy atom. The average Bonchev–Trinajstić information content (AvgIpc) is 3.70. The number of nitrogens with zero attached hydrogens (tertiary/aromatic N) is 8. The number of likely N-dealkylation sites (tertiary alicyclic amines) is 1. The first-order valence-corrected chi connectivity index (χ1v) is 20.8. The van der Waals surface area contributed by atoms with E-state index in [1.165, 1.54) is 0 Å². The number of fused-ring (bicyclic) bond motifs is 2. The van der Waals surface area contributed by atoms with Gasteiger partial charge in [-0.05, 0) is 85.9 Å². The Balaban J connectivity index is 0.827. The number of hydrogen-bond donors (Lipinski definition) is 2. The van der Waals surface area contributed by atoms with Crippen LogP contribution in [0.1, 0.15) is 86.6 Å². The number of amides is 7. The highest BCUT2D eigenvalue weighted by atomic mass is 16.2. The van der Waals surface area contributed by atoms with Crippen LogP contribution in [0.5, 0.6) is 0 Å². The van der Waals surface area contributed by atoms with Crippen molar-refractivity contribution in [3.8, 4) is 0 Å². The number of nitrogens with one attached hydrogen (secondary N) is 1. The SMILES string of the molecule is CN1CCN([C@@H]2CCCN(c3cnc(C(N)=O)c(Cc4ccc(N5CC[C@@H]6CCN(Cc7ccc8c(c7)C(=O)N(C7CCC(=O)NC7=O)C8=O)C[C@@H]6C5)cc4)n3)C2)C1=O. The van der Waals surface area contributed by atoms with Crippen molar-refractivity contribution >= 4 is 47.1 Å². The Morgan fingerprint density at radius 2 is 1.59 bits per heavy atom. The highest BCUT2D eigenvalue weighted by Crippen LogP contribution is 2.35. The molecule has 1 aromatic heterocycles. The number of urea groups is 1. The maximum atomic E-state index is 13.4. The average molecular weight is 803 g/mol. The number of carbonyl (C=O) groups is 6. The van der Waals surface area contributed by atoms with Crippen LogP contribution in [0.15, 0.2) is 48.7 Å². The number of primary amides is 1. The molecule has 7 heterocycles. The van der Waals surface area contributed by atoms with E-state index in [1.807, 2.05) is 18.0 Å². The van der Waals surface area contributed by atoms with Gasteiger partial charge in [0.05, 0.1) is 29.1 Å². The van der Waals surface area contributed by atoms with Crippen molar-refractivity contribution < 1.29 is 28.8 Å². The smallest absolute Gasteiger partial charge is 0.320 e. The number of rotatable bonds is 9. The summed E-state index contributed by atoms with van der Waals surface area (Å²) < 4.78 is 0. The van der Waals surface area contributed by atoms with Crippen molar-refractivity contribution in [1.29, 1.82) is 0 Å². The lowest BCUT2D eigenvalue weighted by Crippen LogP contribution is -2.54. The first-order chi connectivity index (χ1) is 28.5. The minimum absolute atomic E-state index is 0.0657. The molecule has 3 N–H and O–H groups in total. The normalized spacial score (nSPS) is 25.1. The van der Waals surface area contributed by atoms with Crippen LogP contribution in [0.2, 0.25) is 0 Å². The lowest BCUT2D eigenvalue weighted by molar-refractivity contribution is -0.136. The van der Waals surface area contributed by atoms with Gasteiger partial charge in [-0.15, -0.1) is 0 Å². The Labute approximate surface area is 342 Å². The molecule has 59 heavy (non-hydrogen) atoms. The summed E-state index contributed by atoms with van der Waals surface area (Å²) in [5, 5.41) is 2.25. The summed E-state index contributed by atoms with van der Waals surface area (Å²) in [6.45, 7) is 7.33. The van der Waals surface area contributed by atoms with Crippen LogP contribution < -0.4 is 20.9 Å². The molecule has 4 atom stereocenters. The molecule has 6 aliphatic heterocycles. The quantitative estimate of drug-likeness (QED) is 0.303. The number of aromatic nitrogens is 2. The predicted octanol–water partition coefficient (Wildman–Crippen LogP) is 2.25. The first kappa shape index (κ1) is 38.6. The van der Waals surface area contributed by atoms with Gasteiger partial charge < -0.3 is 25.3 Å². The second-order valence-corrected chi connectivity index (χ2v) is 17.0. The zero-order valence-electron chi connectivity index (χ0n) is 33.3. The minimum Gasteiger partial charge on any atom is -0.371 e. The number of piperidine rings is 4. The molecule has 308 valence electrons. The monoisotopic (exact) mass is 802 g/mol. The molecule has 2 aromatic carbocycles. The van der Waals surface area contributed by atoms with E-state index in [1.54, 1.807) is 23.2 Å². The molecule has 5 fully saturated rings. The molecule has 0 aliphatic carbocycles. The number of imide groups is 2. The molecule has 7 amide bonds. The number of likely N-dealkylation sites (N-methyl/N-ethyl adjacent to an activating group) is 1. The number of carbonyl (C=O) groups excluding carboxylic acids is 6.